The van der Waals surface area contributed by atoms with Gasteiger partial charge in [-0.05, 0) is 37.0 Å². The van der Waals surface area contributed by atoms with Gasteiger partial charge in [-0.3, -0.25) is 0 Å². The minimum Gasteiger partial charge on any atom is -0.417 e. The van der Waals surface area contributed by atoms with E-state index >= 15 is 0 Å². The Bertz CT molecular complexity index is 546. The first-order valence-corrected chi connectivity index (χ1v) is 12.5. The van der Waals surface area contributed by atoms with E-state index in [4.69, 9.17) is 9.16 Å². The van der Waals surface area contributed by atoms with Gasteiger partial charge in [-0.1, -0.05) is 69.7 Å². The van der Waals surface area contributed by atoms with Gasteiger partial charge >= 0.3 is 0 Å². The largest absolute Gasteiger partial charge is 0.417 e. The van der Waals surface area contributed by atoms with E-state index in [9.17, 15) is 5.11 Å². The third-order valence-electron chi connectivity index (χ3n) is 5.30. The summed E-state index contributed by atoms with van der Waals surface area (Å²) in [6.45, 7) is 17.2. The molecule has 26 heavy (non-hydrogen) atoms. The van der Waals surface area contributed by atoms with E-state index in [0.717, 1.165) is 18.6 Å². The molecule has 0 aliphatic rings. The standard InChI is InChI=1S/C22H38O3Si/c1-18(13-14-25-26(6,7)22(3,4)5)15-21(23)19(2)16-24-17-20-11-9-8-10-12-20/h8-12,15,19,21,23H,13-14,16-17H2,1-7H3/b18-15+/t19-,21+/m0/s1. The van der Waals surface area contributed by atoms with Gasteiger partial charge in [-0.25, -0.2) is 0 Å². The zero-order valence-electron chi connectivity index (χ0n) is 17.7. The Kier molecular flexibility index (Phi) is 9.24. The van der Waals surface area contributed by atoms with Gasteiger partial charge in [0.25, 0.3) is 0 Å². The number of aliphatic hydroxyl groups is 1. The van der Waals surface area contributed by atoms with Crippen LogP contribution in [-0.2, 0) is 15.8 Å². The van der Waals surface area contributed by atoms with Gasteiger partial charge < -0.3 is 14.3 Å². The second-order valence-corrected chi connectivity index (χ2v) is 13.6. The Labute approximate surface area is 161 Å². The highest BCUT2D eigenvalue weighted by atomic mass is 28.4. The maximum absolute atomic E-state index is 10.4. The molecular weight excluding hydrogens is 340 g/mol. The minimum absolute atomic E-state index is 0.0648. The SMILES string of the molecule is C/C(=C\[C@@H](O)[C@@H](C)COCc1ccccc1)CCO[Si](C)(C)C(C)(C)C. The zero-order chi connectivity index (χ0) is 19.8. The maximum Gasteiger partial charge on any atom is 0.191 e. The summed E-state index contributed by atoms with van der Waals surface area (Å²) in [5.41, 5.74) is 2.33. The summed E-state index contributed by atoms with van der Waals surface area (Å²) >= 11 is 0. The fourth-order valence-corrected chi connectivity index (χ4v) is 3.30. The van der Waals surface area contributed by atoms with Gasteiger partial charge in [0.15, 0.2) is 8.32 Å². The van der Waals surface area contributed by atoms with Crippen LogP contribution in [0.3, 0.4) is 0 Å². The lowest BCUT2D eigenvalue weighted by Crippen LogP contribution is -2.41. The second-order valence-electron chi connectivity index (χ2n) is 8.84. The van der Waals surface area contributed by atoms with E-state index in [0.29, 0.717) is 13.2 Å². The molecule has 1 rings (SSSR count). The first-order chi connectivity index (χ1) is 12.0. The van der Waals surface area contributed by atoms with Crippen molar-refractivity contribution in [1.82, 2.24) is 0 Å². The molecule has 0 aliphatic carbocycles. The van der Waals surface area contributed by atoms with Crippen LogP contribution in [0.15, 0.2) is 42.0 Å². The number of ether oxygens (including phenoxy) is 1. The summed E-state index contributed by atoms with van der Waals surface area (Å²) in [5, 5.41) is 10.6. The third kappa shape index (κ3) is 8.17. The summed E-state index contributed by atoms with van der Waals surface area (Å²) in [4.78, 5) is 0. The number of rotatable bonds is 10. The van der Waals surface area contributed by atoms with E-state index in [2.05, 4.69) is 40.8 Å². The van der Waals surface area contributed by atoms with Crippen LogP contribution in [0, 0.1) is 5.92 Å². The maximum atomic E-state index is 10.4. The molecule has 0 unspecified atom stereocenters. The molecule has 0 saturated carbocycles. The molecule has 0 spiro atoms. The highest BCUT2D eigenvalue weighted by molar-refractivity contribution is 6.74. The lowest BCUT2D eigenvalue weighted by Gasteiger charge is -2.36. The van der Waals surface area contributed by atoms with Gasteiger partial charge in [0.1, 0.15) is 0 Å². The smallest absolute Gasteiger partial charge is 0.191 e. The van der Waals surface area contributed by atoms with Crippen LogP contribution >= 0.6 is 0 Å². The van der Waals surface area contributed by atoms with Crippen LogP contribution in [0.4, 0.5) is 0 Å². The lowest BCUT2D eigenvalue weighted by atomic mass is 10.0. The van der Waals surface area contributed by atoms with E-state index < -0.39 is 14.4 Å². The monoisotopic (exact) mass is 378 g/mol. The summed E-state index contributed by atoms with van der Waals surface area (Å²) in [6, 6.07) is 10.1. The number of hydrogen-bond donors (Lipinski definition) is 1. The summed E-state index contributed by atoms with van der Waals surface area (Å²) in [7, 11) is -1.69. The van der Waals surface area contributed by atoms with Crippen LogP contribution in [0.2, 0.25) is 18.1 Å². The predicted octanol–water partition coefficient (Wildman–Crippen LogP) is 5.56. The average molecular weight is 379 g/mol. The topological polar surface area (TPSA) is 38.7 Å². The third-order valence-corrected chi connectivity index (χ3v) is 9.83. The molecular formula is C22H38O3Si. The Morgan fingerprint density at radius 2 is 1.81 bits per heavy atom. The Morgan fingerprint density at radius 3 is 2.38 bits per heavy atom. The number of hydrogen-bond acceptors (Lipinski definition) is 3. The van der Waals surface area contributed by atoms with Crippen LogP contribution in [-0.4, -0.2) is 32.7 Å². The average Bonchev–Trinajstić information content (AvgIpc) is 2.54. The molecule has 0 heterocycles. The molecule has 3 nitrogen and oxygen atoms in total. The molecule has 0 amide bonds. The molecule has 1 aromatic rings. The van der Waals surface area contributed by atoms with Crippen LogP contribution in [0.25, 0.3) is 0 Å². The van der Waals surface area contributed by atoms with Crippen molar-refractivity contribution in [1.29, 1.82) is 0 Å². The van der Waals surface area contributed by atoms with Crippen molar-refractivity contribution in [3.05, 3.63) is 47.5 Å². The van der Waals surface area contributed by atoms with Crippen molar-refractivity contribution >= 4 is 8.32 Å². The molecule has 0 radical (unpaired) electrons. The van der Waals surface area contributed by atoms with Crippen LogP contribution in [0.1, 0.15) is 46.6 Å². The van der Waals surface area contributed by atoms with E-state index in [1.807, 2.05) is 43.3 Å². The summed E-state index contributed by atoms with van der Waals surface area (Å²) in [6.07, 6.45) is 2.32. The number of benzene rings is 1. The van der Waals surface area contributed by atoms with Crippen molar-refractivity contribution in [2.75, 3.05) is 13.2 Å². The molecule has 4 heteroatoms. The normalized spacial score (nSPS) is 15.8. The quantitative estimate of drug-likeness (QED) is 0.428. The molecule has 0 bridgehead atoms. The molecule has 0 aliphatic heterocycles. The van der Waals surface area contributed by atoms with Crippen LogP contribution in [0.5, 0.6) is 0 Å². The first-order valence-electron chi connectivity index (χ1n) is 9.64. The van der Waals surface area contributed by atoms with Crippen molar-refractivity contribution in [3.63, 3.8) is 0 Å². The van der Waals surface area contributed by atoms with Gasteiger partial charge in [-0.2, -0.15) is 0 Å². The van der Waals surface area contributed by atoms with E-state index in [1.54, 1.807) is 0 Å². The molecule has 0 aromatic heterocycles. The Hall–Kier alpha value is -0.943. The second kappa shape index (κ2) is 10.4. The zero-order valence-corrected chi connectivity index (χ0v) is 18.7. The van der Waals surface area contributed by atoms with E-state index in [-0.39, 0.29) is 11.0 Å². The molecule has 0 fully saturated rings. The first kappa shape index (κ1) is 23.1. The predicted molar refractivity (Wildman–Crippen MR) is 113 cm³/mol. The van der Waals surface area contributed by atoms with Gasteiger partial charge in [0.2, 0.25) is 0 Å². The molecule has 0 saturated heterocycles. The van der Waals surface area contributed by atoms with Crippen molar-refractivity contribution in [2.45, 2.75) is 71.9 Å². The fraction of sp³-hybridized carbons (Fsp3) is 0.636. The lowest BCUT2D eigenvalue weighted by molar-refractivity contribution is 0.0469. The fourth-order valence-electron chi connectivity index (χ4n) is 2.26. The van der Waals surface area contributed by atoms with Crippen molar-refractivity contribution in [3.8, 4) is 0 Å². The Balaban J connectivity index is 2.35. The van der Waals surface area contributed by atoms with E-state index in [1.165, 1.54) is 5.57 Å². The highest BCUT2D eigenvalue weighted by Gasteiger charge is 2.36. The van der Waals surface area contributed by atoms with Crippen LogP contribution < -0.4 is 0 Å². The number of aliphatic hydroxyl groups excluding tert-OH is 1. The van der Waals surface area contributed by atoms with Gasteiger partial charge in [0, 0.05) is 12.5 Å². The molecule has 148 valence electrons. The van der Waals surface area contributed by atoms with Gasteiger partial charge in [-0.15, -0.1) is 0 Å². The minimum atomic E-state index is -1.69. The Morgan fingerprint density at radius 1 is 1.19 bits per heavy atom. The summed E-state index contributed by atoms with van der Waals surface area (Å²) < 4.78 is 12.0. The van der Waals surface area contributed by atoms with Gasteiger partial charge in [0.05, 0.1) is 19.3 Å². The molecule has 2 atom stereocenters. The van der Waals surface area contributed by atoms with Crippen molar-refractivity contribution < 1.29 is 14.3 Å². The molecule has 1 aromatic carbocycles. The van der Waals surface area contributed by atoms with Crippen molar-refractivity contribution in [2.24, 2.45) is 5.92 Å². The molecule has 1 N–H and O–H groups in total. The highest BCUT2D eigenvalue weighted by Crippen LogP contribution is 2.36. The summed E-state index contributed by atoms with van der Waals surface area (Å²) in [5.74, 6) is 0.0648.